The van der Waals surface area contributed by atoms with Gasteiger partial charge in [0.05, 0.1) is 11.4 Å². The molecule has 5 heteroatoms. The molecule has 2 aromatic heterocycles. The molecule has 0 aliphatic carbocycles. The van der Waals surface area contributed by atoms with Crippen LogP contribution in [0.3, 0.4) is 0 Å². The molecule has 1 N–H and O–H groups in total. The summed E-state index contributed by atoms with van der Waals surface area (Å²) in [6.45, 7) is 6.17. The molecule has 4 rings (SSSR count). The van der Waals surface area contributed by atoms with E-state index in [4.69, 9.17) is 5.10 Å². The van der Waals surface area contributed by atoms with Gasteiger partial charge < -0.3 is 9.88 Å². The number of rotatable bonds is 7. The van der Waals surface area contributed by atoms with Gasteiger partial charge >= 0.3 is 0 Å². The number of nitrogens with one attached hydrogen (secondary N) is 1. The molecule has 0 aliphatic rings. The Morgan fingerprint density at radius 2 is 1.81 bits per heavy atom. The lowest BCUT2D eigenvalue weighted by Crippen LogP contribution is -2.34. The van der Waals surface area contributed by atoms with Crippen LogP contribution in [0.5, 0.6) is 0 Å². The van der Waals surface area contributed by atoms with Gasteiger partial charge in [0.2, 0.25) is 0 Å². The minimum atomic E-state index is -0.113. The normalized spacial score (nSPS) is 12.0. The molecule has 1 unspecified atom stereocenters. The Labute approximate surface area is 189 Å². The third kappa shape index (κ3) is 4.67. The minimum absolute atomic E-state index is 0.0451. The van der Waals surface area contributed by atoms with Crippen LogP contribution in [0.4, 0.5) is 0 Å². The van der Waals surface area contributed by atoms with E-state index >= 15 is 0 Å². The van der Waals surface area contributed by atoms with Gasteiger partial charge in [0.15, 0.2) is 0 Å². The molecular formula is C27H30N4O. The Balaban J connectivity index is 1.61. The first kappa shape index (κ1) is 21.6. The molecule has 0 saturated heterocycles. The fourth-order valence-electron chi connectivity index (χ4n) is 4.02. The van der Waals surface area contributed by atoms with Crippen molar-refractivity contribution in [3.8, 4) is 17.1 Å². The minimum Gasteiger partial charge on any atom is -0.349 e. The van der Waals surface area contributed by atoms with Crippen molar-refractivity contribution in [1.82, 2.24) is 19.7 Å². The first-order chi connectivity index (χ1) is 15.4. The maximum atomic E-state index is 13.3. The number of amides is 1. The van der Waals surface area contributed by atoms with Crippen LogP contribution in [0.2, 0.25) is 0 Å². The number of hydrogen-bond donors (Lipinski definition) is 1. The number of carbonyl (C=O) groups excluding carboxylic acids is 1. The van der Waals surface area contributed by atoms with Gasteiger partial charge in [-0.05, 0) is 69.0 Å². The maximum Gasteiger partial charge on any atom is 0.270 e. The Morgan fingerprint density at radius 1 is 1.03 bits per heavy atom. The van der Waals surface area contributed by atoms with Crippen molar-refractivity contribution in [3.63, 3.8) is 0 Å². The van der Waals surface area contributed by atoms with Crippen LogP contribution in [0.25, 0.3) is 17.1 Å². The number of aryl methyl sites for hydroxylation is 4. The zero-order valence-electron chi connectivity index (χ0n) is 19.2. The van der Waals surface area contributed by atoms with Crippen molar-refractivity contribution < 1.29 is 4.79 Å². The molecule has 0 radical (unpaired) electrons. The molecule has 2 aromatic carbocycles. The van der Waals surface area contributed by atoms with E-state index in [1.54, 1.807) is 4.68 Å². The summed E-state index contributed by atoms with van der Waals surface area (Å²) < 4.78 is 3.79. The van der Waals surface area contributed by atoms with Crippen molar-refractivity contribution in [3.05, 3.63) is 95.3 Å². The standard InChI is InChI=1S/C27H30N4O/c1-19-12-15-24(20(2)17-19)31-26(18-23(29-31)25-11-8-16-30(25)4)27(32)28-21(3)13-14-22-9-6-5-7-10-22/h5-12,15-18,21H,13-14H2,1-4H3,(H,28,32). The fraction of sp³-hybridized carbons (Fsp3) is 0.259. The molecule has 0 saturated carbocycles. The summed E-state index contributed by atoms with van der Waals surface area (Å²) in [5.74, 6) is -0.113. The number of nitrogens with zero attached hydrogens (tertiary/aromatic N) is 3. The average molecular weight is 427 g/mol. The van der Waals surface area contributed by atoms with Crippen LogP contribution in [-0.4, -0.2) is 26.3 Å². The number of benzene rings is 2. The summed E-state index contributed by atoms with van der Waals surface area (Å²) in [7, 11) is 1.98. The topological polar surface area (TPSA) is 51.9 Å². The average Bonchev–Trinajstić information content (AvgIpc) is 3.39. The molecule has 0 aliphatic heterocycles. The van der Waals surface area contributed by atoms with Crippen LogP contribution in [0.15, 0.2) is 72.9 Å². The quantitative estimate of drug-likeness (QED) is 0.439. The lowest BCUT2D eigenvalue weighted by molar-refractivity contribution is 0.0930. The Kier molecular flexibility index (Phi) is 6.26. The molecule has 2 heterocycles. The molecule has 4 aromatic rings. The van der Waals surface area contributed by atoms with E-state index in [2.05, 4.69) is 50.4 Å². The summed E-state index contributed by atoms with van der Waals surface area (Å²) in [5.41, 5.74) is 6.75. The first-order valence-electron chi connectivity index (χ1n) is 11.1. The Hall–Kier alpha value is -3.60. The molecule has 0 fully saturated rings. The third-order valence-corrected chi connectivity index (χ3v) is 5.82. The van der Waals surface area contributed by atoms with E-state index in [1.807, 2.05) is 60.3 Å². The van der Waals surface area contributed by atoms with E-state index in [9.17, 15) is 4.79 Å². The van der Waals surface area contributed by atoms with Gasteiger partial charge in [0.25, 0.3) is 5.91 Å². The number of hydrogen-bond acceptors (Lipinski definition) is 2. The van der Waals surface area contributed by atoms with Crippen molar-refractivity contribution in [2.24, 2.45) is 7.05 Å². The highest BCUT2D eigenvalue weighted by molar-refractivity contribution is 5.94. The summed E-state index contributed by atoms with van der Waals surface area (Å²) in [6, 6.07) is 22.5. The predicted molar refractivity (Wildman–Crippen MR) is 129 cm³/mol. The monoisotopic (exact) mass is 426 g/mol. The van der Waals surface area contributed by atoms with Gasteiger partial charge in [-0.2, -0.15) is 5.10 Å². The smallest absolute Gasteiger partial charge is 0.270 e. The van der Waals surface area contributed by atoms with Crippen molar-refractivity contribution in [1.29, 1.82) is 0 Å². The highest BCUT2D eigenvalue weighted by Crippen LogP contribution is 2.24. The van der Waals surface area contributed by atoms with Crippen LogP contribution in [0.1, 0.15) is 40.5 Å². The fourth-order valence-corrected chi connectivity index (χ4v) is 4.02. The molecule has 164 valence electrons. The molecule has 0 bridgehead atoms. The molecule has 0 spiro atoms. The van der Waals surface area contributed by atoms with Gasteiger partial charge in [-0.3, -0.25) is 4.79 Å². The zero-order chi connectivity index (χ0) is 22.7. The van der Waals surface area contributed by atoms with E-state index in [-0.39, 0.29) is 11.9 Å². The summed E-state index contributed by atoms with van der Waals surface area (Å²) >= 11 is 0. The van der Waals surface area contributed by atoms with Crippen LogP contribution >= 0.6 is 0 Å². The van der Waals surface area contributed by atoms with Crippen molar-refractivity contribution in [2.45, 2.75) is 39.7 Å². The predicted octanol–water partition coefficient (Wildman–Crippen LogP) is 5.25. The highest BCUT2D eigenvalue weighted by atomic mass is 16.2. The van der Waals surface area contributed by atoms with Crippen LogP contribution in [-0.2, 0) is 13.5 Å². The summed E-state index contributed by atoms with van der Waals surface area (Å²) in [6.07, 6.45) is 3.78. The third-order valence-electron chi connectivity index (χ3n) is 5.82. The van der Waals surface area contributed by atoms with E-state index in [0.717, 1.165) is 35.5 Å². The largest absolute Gasteiger partial charge is 0.349 e. The van der Waals surface area contributed by atoms with Gasteiger partial charge in [0, 0.05) is 19.3 Å². The van der Waals surface area contributed by atoms with Crippen molar-refractivity contribution in [2.75, 3.05) is 0 Å². The highest BCUT2D eigenvalue weighted by Gasteiger charge is 2.21. The second kappa shape index (κ2) is 9.27. The molecule has 1 atom stereocenters. The maximum absolute atomic E-state index is 13.3. The first-order valence-corrected chi connectivity index (χ1v) is 11.1. The summed E-state index contributed by atoms with van der Waals surface area (Å²) in [5, 5.41) is 8.01. The van der Waals surface area contributed by atoms with E-state index in [0.29, 0.717) is 5.69 Å². The summed E-state index contributed by atoms with van der Waals surface area (Å²) in [4.78, 5) is 13.3. The lowest BCUT2D eigenvalue weighted by atomic mass is 10.1. The van der Waals surface area contributed by atoms with E-state index < -0.39 is 0 Å². The SMILES string of the molecule is Cc1ccc(-n2nc(-c3cccn3C)cc2C(=O)NC(C)CCc2ccccc2)c(C)c1. The second-order valence-electron chi connectivity index (χ2n) is 8.52. The Bertz CT molecular complexity index is 1220. The van der Waals surface area contributed by atoms with Gasteiger partial charge in [-0.15, -0.1) is 0 Å². The second-order valence-corrected chi connectivity index (χ2v) is 8.52. The van der Waals surface area contributed by atoms with Crippen molar-refractivity contribution >= 4 is 5.91 Å². The van der Waals surface area contributed by atoms with Gasteiger partial charge in [-0.1, -0.05) is 48.0 Å². The number of aromatic nitrogens is 3. The van der Waals surface area contributed by atoms with E-state index in [1.165, 1.54) is 11.1 Å². The van der Waals surface area contributed by atoms with Gasteiger partial charge in [0.1, 0.15) is 11.4 Å². The Morgan fingerprint density at radius 3 is 2.50 bits per heavy atom. The van der Waals surface area contributed by atoms with Crippen LogP contribution < -0.4 is 5.32 Å². The number of carbonyl (C=O) groups is 1. The van der Waals surface area contributed by atoms with Gasteiger partial charge in [-0.25, -0.2) is 4.68 Å². The molecule has 5 nitrogen and oxygen atoms in total. The molecular weight excluding hydrogens is 396 g/mol. The zero-order valence-corrected chi connectivity index (χ0v) is 19.2. The lowest BCUT2D eigenvalue weighted by Gasteiger charge is -2.15. The molecule has 1 amide bonds. The van der Waals surface area contributed by atoms with Crippen LogP contribution in [0, 0.1) is 13.8 Å². The molecule has 32 heavy (non-hydrogen) atoms.